The molecule has 0 aliphatic carbocycles. The molecule has 31 heavy (non-hydrogen) atoms. The Morgan fingerprint density at radius 3 is 2.26 bits per heavy atom. The predicted octanol–water partition coefficient (Wildman–Crippen LogP) is -1.36. The molecule has 2 aromatic carbocycles. The Kier molecular flexibility index (Phi) is 5.79. The smallest absolute Gasteiger partial charge is 0.304 e. The van der Waals surface area contributed by atoms with Gasteiger partial charge in [0.2, 0.25) is 17.4 Å². The maximum absolute atomic E-state index is 13.3. The van der Waals surface area contributed by atoms with Gasteiger partial charge in [0.25, 0.3) is 0 Å². The number of benzene rings is 2. The summed E-state index contributed by atoms with van der Waals surface area (Å²) >= 11 is 0. The minimum absolute atomic E-state index is 0.266. The Bertz CT molecular complexity index is 1150. The molecule has 2 aromatic rings. The summed E-state index contributed by atoms with van der Waals surface area (Å²) in [6.45, 7) is 0. The number of rotatable bonds is 7. The van der Waals surface area contributed by atoms with E-state index in [2.05, 4.69) is 0 Å². The summed E-state index contributed by atoms with van der Waals surface area (Å²) in [6.07, 6.45) is 0. The average Bonchev–Trinajstić information content (AvgIpc) is 2.97. The quantitative estimate of drug-likeness (QED) is 0.415. The molecule has 8 nitrogen and oxygen atoms in total. The molecule has 3 rings (SSSR count). The van der Waals surface area contributed by atoms with E-state index in [0.717, 1.165) is 0 Å². The van der Waals surface area contributed by atoms with Gasteiger partial charge in [-0.25, -0.2) is 0 Å². The molecule has 0 saturated carbocycles. The SMILES string of the molecule is BC(B)(c1ccccc1)S(=O)(=O)OC1=C(N)O[C@@](B)(c2cccc(OC)c2OC)C1=O. The monoisotopic (exact) mass is 441 g/mol. The number of carbonyl (C=O) groups excluding carboxylic acids is 1. The van der Waals surface area contributed by atoms with E-state index < -0.39 is 37.6 Å². The van der Waals surface area contributed by atoms with Crippen LogP contribution in [0.1, 0.15) is 11.1 Å². The van der Waals surface area contributed by atoms with Crippen molar-refractivity contribution in [2.24, 2.45) is 5.73 Å². The van der Waals surface area contributed by atoms with E-state index in [1.54, 1.807) is 48.5 Å². The number of ketones is 1. The molecule has 1 aliphatic rings. The molecule has 0 fully saturated rings. The van der Waals surface area contributed by atoms with Gasteiger partial charge in [-0.3, -0.25) is 4.79 Å². The molecule has 1 atom stereocenters. The van der Waals surface area contributed by atoms with Crippen molar-refractivity contribution in [1.82, 2.24) is 0 Å². The molecule has 0 bridgehead atoms. The van der Waals surface area contributed by atoms with Crippen molar-refractivity contribution in [3.63, 3.8) is 0 Å². The highest BCUT2D eigenvalue weighted by atomic mass is 32.2. The van der Waals surface area contributed by atoms with Crippen molar-refractivity contribution in [3.05, 3.63) is 71.3 Å². The molecule has 0 radical (unpaired) electrons. The summed E-state index contributed by atoms with van der Waals surface area (Å²) in [5, 5.41) is 0. The first-order chi connectivity index (χ1) is 14.5. The summed E-state index contributed by atoms with van der Waals surface area (Å²) in [5.41, 5.74) is 5.07. The van der Waals surface area contributed by atoms with Crippen LogP contribution in [-0.2, 0) is 33.9 Å². The van der Waals surface area contributed by atoms with Gasteiger partial charge in [0, 0.05) is 5.56 Å². The lowest BCUT2D eigenvalue weighted by Gasteiger charge is -2.27. The van der Waals surface area contributed by atoms with Crippen molar-refractivity contribution in [2.75, 3.05) is 14.2 Å². The minimum atomic E-state index is -4.32. The molecule has 0 amide bonds. The number of hydrogen-bond acceptors (Lipinski definition) is 8. The highest BCUT2D eigenvalue weighted by Crippen LogP contribution is 2.44. The maximum atomic E-state index is 13.3. The minimum Gasteiger partial charge on any atom is -0.493 e. The van der Waals surface area contributed by atoms with Crippen LogP contribution in [0.25, 0.3) is 0 Å². The largest absolute Gasteiger partial charge is 0.493 e. The third kappa shape index (κ3) is 3.65. The molecule has 0 aromatic heterocycles. The molecule has 0 saturated heterocycles. The second kappa shape index (κ2) is 7.92. The molecule has 12 heteroatoms. The molecular weight excluding hydrogens is 419 g/mol. The summed E-state index contributed by atoms with van der Waals surface area (Å²) in [5.74, 6) is -1.10. The molecule has 0 unspecified atom stereocenters. The second-order valence-electron chi connectivity index (χ2n) is 7.61. The van der Waals surface area contributed by atoms with E-state index in [0.29, 0.717) is 16.9 Å². The normalized spacial score (nSPS) is 19.1. The number of carbonyl (C=O) groups is 1. The molecule has 160 valence electrons. The van der Waals surface area contributed by atoms with E-state index in [4.69, 9.17) is 24.1 Å². The van der Waals surface area contributed by atoms with E-state index in [-0.39, 0.29) is 5.75 Å². The van der Waals surface area contributed by atoms with Crippen LogP contribution < -0.4 is 15.2 Å². The zero-order valence-corrected chi connectivity index (χ0v) is 18.8. The second-order valence-corrected chi connectivity index (χ2v) is 9.71. The van der Waals surface area contributed by atoms with Crippen LogP contribution in [0.4, 0.5) is 0 Å². The molecule has 2 N–H and O–H groups in total. The zero-order valence-electron chi connectivity index (χ0n) is 18.0. The van der Waals surface area contributed by atoms with Crippen LogP contribution in [0, 0.1) is 0 Å². The fourth-order valence-corrected chi connectivity index (χ4v) is 4.37. The number of ether oxygens (including phenoxy) is 3. The first-order valence-electron chi connectivity index (χ1n) is 9.44. The lowest BCUT2D eigenvalue weighted by Crippen LogP contribution is -2.40. The Morgan fingerprint density at radius 1 is 1.03 bits per heavy atom. The topological polar surface area (TPSA) is 114 Å². The lowest BCUT2D eigenvalue weighted by molar-refractivity contribution is -0.126. The Hall–Kier alpha value is -3.01. The van der Waals surface area contributed by atoms with Gasteiger partial charge in [-0.15, -0.1) is 0 Å². The summed E-state index contributed by atoms with van der Waals surface area (Å²) < 4.78 is 46.4. The van der Waals surface area contributed by atoms with Gasteiger partial charge in [0.15, 0.2) is 24.8 Å². The average molecular weight is 441 g/mol. The number of Topliss-reactive ketones (excluding diaryl/α,β-unsaturated/α-hetero) is 1. The van der Waals surface area contributed by atoms with Crippen molar-refractivity contribution >= 4 is 39.4 Å². The zero-order chi connectivity index (χ0) is 23.0. The Balaban J connectivity index is 1.99. The van der Waals surface area contributed by atoms with Crippen LogP contribution in [-0.4, -0.2) is 52.0 Å². The van der Waals surface area contributed by atoms with Crippen LogP contribution in [0.2, 0.25) is 0 Å². The summed E-state index contributed by atoms with van der Waals surface area (Å²) in [4.78, 5) is 13.3. The van der Waals surface area contributed by atoms with Gasteiger partial charge in [-0.2, -0.15) is 8.42 Å². The van der Waals surface area contributed by atoms with Gasteiger partial charge in [0.05, 0.1) is 18.8 Å². The van der Waals surface area contributed by atoms with Crippen LogP contribution in [0.5, 0.6) is 11.5 Å². The first kappa shape index (κ1) is 22.7. The molecule has 1 heterocycles. The van der Waals surface area contributed by atoms with Gasteiger partial charge < -0.3 is 24.1 Å². The van der Waals surface area contributed by atoms with Crippen molar-refractivity contribution in [2.45, 2.75) is 10.0 Å². The molecule has 1 aliphatic heterocycles. The molecule has 0 spiro atoms. The van der Waals surface area contributed by atoms with Gasteiger partial charge in [-0.1, -0.05) is 42.5 Å². The Morgan fingerprint density at radius 2 is 1.68 bits per heavy atom. The summed E-state index contributed by atoms with van der Waals surface area (Å²) in [7, 11) is 3.00. The maximum Gasteiger partial charge on any atom is 0.304 e. The van der Waals surface area contributed by atoms with E-state index in [1.807, 2.05) is 0 Å². The summed E-state index contributed by atoms with van der Waals surface area (Å²) in [6, 6.07) is 13.5. The van der Waals surface area contributed by atoms with E-state index in [9.17, 15) is 13.2 Å². The lowest BCUT2D eigenvalue weighted by atomic mass is 9.65. The molecular formula is C19H22B3NO7S. The van der Waals surface area contributed by atoms with Crippen molar-refractivity contribution in [1.29, 1.82) is 0 Å². The van der Waals surface area contributed by atoms with Gasteiger partial charge in [0.1, 0.15) is 15.7 Å². The fraction of sp³-hybridized carbons (Fsp3) is 0.211. The number of nitrogens with two attached hydrogens (primary N) is 1. The van der Waals surface area contributed by atoms with Crippen LogP contribution in [0.3, 0.4) is 0 Å². The standard InChI is InChI=1S/C19H22B3NO7S/c1-27-13-10-6-9-12(14(13)28-2)18(20)16(24)15(17(23)29-18)30-31(25,26)19(21,22)11-7-4-3-5-8-11/h3-10H,20-23H2,1-2H3/t18-/m0/s1. The number of hydrogen-bond donors (Lipinski definition) is 1. The number of para-hydroxylation sites is 1. The van der Waals surface area contributed by atoms with Crippen molar-refractivity contribution in [3.8, 4) is 11.5 Å². The van der Waals surface area contributed by atoms with E-state index >= 15 is 0 Å². The third-order valence-corrected chi connectivity index (χ3v) is 7.25. The van der Waals surface area contributed by atoms with Crippen LogP contribution >= 0.6 is 0 Å². The first-order valence-corrected chi connectivity index (χ1v) is 10.8. The highest BCUT2D eigenvalue weighted by molar-refractivity contribution is 7.90. The van der Waals surface area contributed by atoms with Crippen LogP contribution in [0.15, 0.2) is 60.2 Å². The third-order valence-electron chi connectivity index (χ3n) is 5.38. The van der Waals surface area contributed by atoms with Gasteiger partial charge in [-0.05, 0) is 11.6 Å². The Labute approximate surface area is 184 Å². The van der Waals surface area contributed by atoms with Crippen molar-refractivity contribution < 1.29 is 31.6 Å². The number of methoxy groups -OCH3 is 2. The fourth-order valence-electron chi connectivity index (χ4n) is 3.36. The van der Waals surface area contributed by atoms with E-state index in [1.165, 1.54) is 37.8 Å². The highest BCUT2D eigenvalue weighted by Gasteiger charge is 2.52. The van der Waals surface area contributed by atoms with Gasteiger partial charge >= 0.3 is 10.1 Å². The predicted molar refractivity (Wildman–Crippen MR) is 122 cm³/mol.